The highest BCUT2D eigenvalue weighted by Gasteiger charge is 2.29. The lowest BCUT2D eigenvalue weighted by atomic mass is 10.2. The van der Waals surface area contributed by atoms with Crippen molar-refractivity contribution >= 4 is 23.3 Å². The van der Waals surface area contributed by atoms with E-state index in [2.05, 4.69) is 5.32 Å². The Morgan fingerprint density at radius 1 is 1.42 bits per heavy atom. The van der Waals surface area contributed by atoms with Crippen molar-refractivity contribution in [3.05, 3.63) is 41.7 Å². The first-order valence-corrected chi connectivity index (χ1v) is 7.45. The standard InChI is InChI=1S/C17H16N4O3/c1-24-17(23)15-14(19)11(8-18)9-21(15)13-4-2-3-12(7-13)20-16(22)10-5-6-10/h2-4,7,9-10H,5-6,19H2,1H3,(H,20,22). The smallest absolute Gasteiger partial charge is 0.357 e. The Bertz CT molecular complexity index is 859. The highest BCUT2D eigenvalue weighted by molar-refractivity contribution is 5.96. The van der Waals surface area contributed by atoms with Gasteiger partial charge in [0.2, 0.25) is 5.91 Å². The van der Waals surface area contributed by atoms with Crippen molar-refractivity contribution in [1.29, 1.82) is 5.26 Å². The van der Waals surface area contributed by atoms with Crippen molar-refractivity contribution < 1.29 is 14.3 Å². The molecule has 122 valence electrons. The van der Waals surface area contributed by atoms with Gasteiger partial charge in [-0.25, -0.2) is 4.79 Å². The molecular weight excluding hydrogens is 308 g/mol. The number of nitrogens with one attached hydrogen (secondary N) is 1. The number of nitrogens with two attached hydrogens (primary N) is 1. The van der Waals surface area contributed by atoms with Crippen LogP contribution in [0.2, 0.25) is 0 Å². The summed E-state index contributed by atoms with van der Waals surface area (Å²) in [6.07, 6.45) is 3.30. The molecule has 0 saturated heterocycles. The van der Waals surface area contributed by atoms with Crippen molar-refractivity contribution in [2.45, 2.75) is 12.8 Å². The molecule has 0 atom stereocenters. The van der Waals surface area contributed by atoms with Crippen molar-refractivity contribution in [2.24, 2.45) is 5.92 Å². The largest absolute Gasteiger partial charge is 0.464 e. The van der Waals surface area contributed by atoms with Gasteiger partial charge in [0.15, 0.2) is 5.69 Å². The van der Waals surface area contributed by atoms with Gasteiger partial charge in [-0.3, -0.25) is 4.79 Å². The van der Waals surface area contributed by atoms with Crippen molar-refractivity contribution in [3.8, 4) is 11.8 Å². The number of aromatic nitrogens is 1. The van der Waals surface area contributed by atoms with Crippen molar-refractivity contribution in [1.82, 2.24) is 4.57 Å². The van der Waals surface area contributed by atoms with E-state index in [9.17, 15) is 9.59 Å². The van der Waals surface area contributed by atoms with E-state index in [0.29, 0.717) is 11.4 Å². The van der Waals surface area contributed by atoms with Crippen LogP contribution in [0.5, 0.6) is 0 Å². The molecule has 1 aliphatic rings. The van der Waals surface area contributed by atoms with E-state index in [4.69, 9.17) is 15.7 Å². The van der Waals surface area contributed by atoms with Crippen molar-refractivity contribution in [3.63, 3.8) is 0 Å². The highest BCUT2D eigenvalue weighted by Crippen LogP contribution is 2.31. The summed E-state index contributed by atoms with van der Waals surface area (Å²) < 4.78 is 6.25. The lowest BCUT2D eigenvalue weighted by Crippen LogP contribution is -2.14. The van der Waals surface area contributed by atoms with Gasteiger partial charge in [-0.05, 0) is 31.0 Å². The van der Waals surface area contributed by atoms with Crippen LogP contribution in [0, 0.1) is 17.2 Å². The van der Waals surface area contributed by atoms with Crippen LogP contribution in [0.25, 0.3) is 5.69 Å². The van der Waals surface area contributed by atoms with Crippen LogP contribution >= 0.6 is 0 Å². The molecule has 0 spiro atoms. The predicted molar refractivity (Wildman–Crippen MR) is 87.6 cm³/mol. The minimum absolute atomic E-state index is 0.00919. The van der Waals surface area contributed by atoms with Gasteiger partial charge in [-0.15, -0.1) is 0 Å². The van der Waals surface area contributed by atoms with E-state index in [1.165, 1.54) is 17.9 Å². The predicted octanol–water partition coefficient (Wildman–Crippen LogP) is 2.07. The van der Waals surface area contributed by atoms with Gasteiger partial charge in [0.1, 0.15) is 6.07 Å². The second kappa shape index (κ2) is 6.08. The maximum absolute atomic E-state index is 12.0. The molecule has 2 aromatic rings. The normalized spacial score (nSPS) is 13.2. The van der Waals surface area contributed by atoms with E-state index in [-0.39, 0.29) is 28.8 Å². The van der Waals surface area contributed by atoms with E-state index < -0.39 is 5.97 Å². The zero-order valence-corrected chi connectivity index (χ0v) is 13.1. The van der Waals surface area contributed by atoms with Crippen LogP contribution < -0.4 is 11.1 Å². The number of nitriles is 1. The molecule has 1 aliphatic carbocycles. The Kier molecular flexibility index (Phi) is 3.96. The van der Waals surface area contributed by atoms with Crippen LogP contribution in [0.3, 0.4) is 0 Å². The molecule has 1 aromatic heterocycles. The van der Waals surface area contributed by atoms with Crippen LogP contribution in [0.1, 0.15) is 28.9 Å². The number of rotatable bonds is 4. The molecule has 1 fully saturated rings. The lowest BCUT2D eigenvalue weighted by Gasteiger charge is -2.11. The zero-order chi connectivity index (χ0) is 17.3. The Hall–Kier alpha value is -3.27. The Labute approximate surface area is 138 Å². The second-order valence-corrected chi connectivity index (χ2v) is 5.59. The molecule has 1 heterocycles. The molecule has 0 radical (unpaired) electrons. The summed E-state index contributed by atoms with van der Waals surface area (Å²) in [5.74, 6) is -0.557. The molecule has 0 bridgehead atoms. The third kappa shape index (κ3) is 2.82. The van der Waals surface area contributed by atoms with Crippen LogP contribution in [0.15, 0.2) is 30.5 Å². The van der Waals surface area contributed by atoms with Crippen LogP contribution in [-0.2, 0) is 9.53 Å². The van der Waals surface area contributed by atoms with Crippen LogP contribution in [-0.4, -0.2) is 23.6 Å². The van der Waals surface area contributed by atoms with Gasteiger partial charge < -0.3 is 20.4 Å². The monoisotopic (exact) mass is 324 g/mol. The first kappa shape index (κ1) is 15.6. The minimum atomic E-state index is -0.638. The third-order valence-electron chi connectivity index (χ3n) is 3.88. The summed E-state index contributed by atoms with van der Waals surface area (Å²) in [4.78, 5) is 23.9. The average Bonchev–Trinajstić information content (AvgIpc) is 3.38. The fourth-order valence-corrected chi connectivity index (χ4v) is 2.44. The minimum Gasteiger partial charge on any atom is -0.464 e. The quantitative estimate of drug-likeness (QED) is 0.836. The molecule has 3 rings (SSSR count). The summed E-state index contributed by atoms with van der Waals surface area (Å²) >= 11 is 0. The summed E-state index contributed by atoms with van der Waals surface area (Å²) in [6.45, 7) is 0. The van der Waals surface area contributed by atoms with Gasteiger partial charge in [-0.1, -0.05) is 6.07 Å². The number of esters is 1. The molecular formula is C17H16N4O3. The molecule has 1 amide bonds. The first-order chi connectivity index (χ1) is 11.5. The third-order valence-corrected chi connectivity index (χ3v) is 3.88. The molecule has 3 N–H and O–H groups in total. The number of ether oxygens (including phenoxy) is 1. The number of nitrogen functional groups attached to an aromatic ring is 1. The van der Waals surface area contributed by atoms with E-state index in [1.807, 2.05) is 6.07 Å². The molecule has 24 heavy (non-hydrogen) atoms. The maximum Gasteiger partial charge on any atom is 0.357 e. The number of carbonyl (C=O) groups is 2. The van der Waals surface area contributed by atoms with E-state index in [1.54, 1.807) is 24.3 Å². The topological polar surface area (TPSA) is 110 Å². The van der Waals surface area contributed by atoms with Crippen LogP contribution in [0.4, 0.5) is 11.4 Å². The Morgan fingerprint density at radius 3 is 2.79 bits per heavy atom. The fraction of sp³-hybridized carbons (Fsp3) is 0.235. The number of methoxy groups -OCH3 is 1. The number of carbonyl (C=O) groups excluding carboxylic acids is 2. The number of anilines is 2. The number of amides is 1. The fourth-order valence-electron chi connectivity index (χ4n) is 2.44. The van der Waals surface area contributed by atoms with E-state index >= 15 is 0 Å². The first-order valence-electron chi connectivity index (χ1n) is 7.45. The molecule has 1 aromatic carbocycles. The number of hydrogen-bond donors (Lipinski definition) is 2. The molecule has 7 heteroatoms. The molecule has 0 unspecified atom stereocenters. The van der Waals surface area contributed by atoms with Gasteiger partial charge in [-0.2, -0.15) is 5.26 Å². The Morgan fingerprint density at radius 2 is 2.17 bits per heavy atom. The second-order valence-electron chi connectivity index (χ2n) is 5.59. The number of nitrogens with zero attached hydrogens (tertiary/aromatic N) is 2. The number of benzene rings is 1. The average molecular weight is 324 g/mol. The molecule has 7 nitrogen and oxygen atoms in total. The van der Waals surface area contributed by atoms with Gasteiger partial charge >= 0.3 is 5.97 Å². The summed E-state index contributed by atoms with van der Waals surface area (Å²) in [5, 5.41) is 12.0. The zero-order valence-electron chi connectivity index (χ0n) is 13.1. The maximum atomic E-state index is 12.0. The molecule has 1 saturated carbocycles. The molecule has 0 aliphatic heterocycles. The lowest BCUT2D eigenvalue weighted by molar-refractivity contribution is -0.117. The SMILES string of the molecule is COC(=O)c1c(N)c(C#N)cn1-c1cccc(NC(=O)C2CC2)c1. The summed E-state index contributed by atoms with van der Waals surface area (Å²) in [5.41, 5.74) is 7.43. The Balaban J connectivity index is 2.01. The summed E-state index contributed by atoms with van der Waals surface area (Å²) in [6, 6.07) is 8.93. The van der Waals surface area contributed by atoms with Gasteiger partial charge in [0.25, 0.3) is 0 Å². The highest BCUT2D eigenvalue weighted by atomic mass is 16.5. The van der Waals surface area contributed by atoms with Crippen molar-refractivity contribution in [2.75, 3.05) is 18.2 Å². The van der Waals surface area contributed by atoms with E-state index in [0.717, 1.165) is 12.8 Å². The van der Waals surface area contributed by atoms with Gasteiger partial charge in [0, 0.05) is 23.5 Å². The summed E-state index contributed by atoms with van der Waals surface area (Å²) in [7, 11) is 1.25. The number of hydrogen-bond acceptors (Lipinski definition) is 5. The van der Waals surface area contributed by atoms with Gasteiger partial charge in [0.05, 0.1) is 18.4 Å².